The molecule has 1 atom stereocenters. The summed E-state index contributed by atoms with van der Waals surface area (Å²) in [6.45, 7) is 0.564. The summed E-state index contributed by atoms with van der Waals surface area (Å²) in [4.78, 5) is 25.3. The maximum Gasteiger partial charge on any atom is 0.259 e. The number of hydrogen-bond donors (Lipinski definition) is 1. The highest BCUT2D eigenvalue weighted by Gasteiger charge is 2.31. The van der Waals surface area contributed by atoms with E-state index < -0.39 is 23.1 Å². The van der Waals surface area contributed by atoms with Gasteiger partial charge in [0.25, 0.3) is 5.91 Å². The molecule has 0 aromatic heterocycles. The minimum atomic E-state index is -0.908. The summed E-state index contributed by atoms with van der Waals surface area (Å²) in [5.74, 6) is -3.03. The van der Waals surface area contributed by atoms with Gasteiger partial charge in [-0.25, -0.2) is 8.78 Å². The van der Waals surface area contributed by atoms with Crippen molar-refractivity contribution in [2.45, 2.75) is 12.8 Å². The second-order valence-electron chi connectivity index (χ2n) is 4.95. The SMILES string of the molecule is CNC(=O)C1CCCN(C(=O)c2c(F)cc(Br)cc2F)C1. The number of halogens is 3. The van der Waals surface area contributed by atoms with E-state index in [1.165, 1.54) is 11.9 Å². The van der Waals surface area contributed by atoms with Crippen molar-refractivity contribution in [1.29, 1.82) is 0 Å². The first-order chi connectivity index (χ1) is 9.93. The lowest BCUT2D eigenvalue weighted by molar-refractivity contribution is -0.125. The monoisotopic (exact) mass is 360 g/mol. The van der Waals surface area contributed by atoms with E-state index in [-0.39, 0.29) is 22.8 Å². The molecule has 0 spiro atoms. The highest BCUT2D eigenvalue weighted by atomic mass is 79.9. The molecule has 1 N–H and O–H groups in total. The molecule has 0 bridgehead atoms. The Morgan fingerprint density at radius 1 is 1.33 bits per heavy atom. The van der Waals surface area contributed by atoms with Crippen molar-refractivity contribution in [1.82, 2.24) is 10.2 Å². The number of carbonyl (C=O) groups excluding carboxylic acids is 2. The van der Waals surface area contributed by atoms with Gasteiger partial charge >= 0.3 is 0 Å². The van der Waals surface area contributed by atoms with Crippen LogP contribution >= 0.6 is 15.9 Å². The summed E-state index contributed by atoms with van der Waals surface area (Å²) in [6, 6.07) is 2.10. The van der Waals surface area contributed by atoms with Crippen molar-refractivity contribution >= 4 is 27.7 Å². The standard InChI is InChI=1S/C14H15BrF2N2O2/c1-18-13(20)8-3-2-4-19(7-8)14(21)12-10(16)5-9(15)6-11(12)17/h5-6,8H,2-4,7H2,1H3,(H,18,20). The number of piperidine rings is 1. The third-order valence-electron chi connectivity index (χ3n) is 3.55. The van der Waals surface area contributed by atoms with Gasteiger partial charge in [-0.15, -0.1) is 0 Å². The summed E-state index contributed by atoms with van der Waals surface area (Å²) in [5.41, 5.74) is -0.573. The molecular weight excluding hydrogens is 346 g/mol. The number of carbonyl (C=O) groups is 2. The molecule has 0 aliphatic carbocycles. The number of nitrogens with one attached hydrogen (secondary N) is 1. The summed E-state index contributed by atoms with van der Waals surface area (Å²) in [7, 11) is 1.52. The van der Waals surface area contributed by atoms with Crippen LogP contribution in [-0.2, 0) is 4.79 Å². The quantitative estimate of drug-likeness (QED) is 0.879. The highest BCUT2D eigenvalue weighted by molar-refractivity contribution is 9.10. The molecule has 1 unspecified atom stereocenters. The van der Waals surface area contributed by atoms with Crippen LogP contribution in [-0.4, -0.2) is 36.9 Å². The fourth-order valence-electron chi connectivity index (χ4n) is 2.48. The van der Waals surface area contributed by atoms with Crippen molar-refractivity contribution in [2.75, 3.05) is 20.1 Å². The molecule has 1 fully saturated rings. The van der Waals surface area contributed by atoms with Crippen molar-refractivity contribution in [3.05, 3.63) is 33.8 Å². The van der Waals surface area contributed by atoms with Gasteiger partial charge in [0.1, 0.15) is 17.2 Å². The van der Waals surface area contributed by atoms with Gasteiger partial charge in [-0.05, 0) is 25.0 Å². The Labute approximate surface area is 129 Å². The zero-order chi connectivity index (χ0) is 15.6. The van der Waals surface area contributed by atoms with Gasteiger partial charge in [-0.3, -0.25) is 9.59 Å². The molecule has 114 valence electrons. The molecule has 1 heterocycles. The van der Waals surface area contributed by atoms with E-state index in [2.05, 4.69) is 21.2 Å². The molecule has 1 aliphatic rings. The van der Waals surface area contributed by atoms with Gasteiger partial charge in [0.2, 0.25) is 5.91 Å². The van der Waals surface area contributed by atoms with Gasteiger partial charge in [-0.1, -0.05) is 15.9 Å². The number of rotatable bonds is 2. The molecule has 0 saturated carbocycles. The number of hydrogen-bond acceptors (Lipinski definition) is 2. The maximum absolute atomic E-state index is 13.8. The van der Waals surface area contributed by atoms with Gasteiger partial charge in [0.05, 0.1) is 5.92 Å². The minimum absolute atomic E-state index is 0.163. The Kier molecular flexibility index (Phi) is 4.92. The van der Waals surface area contributed by atoms with Crippen LogP contribution < -0.4 is 5.32 Å². The molecule has 2 amide bonds. The Morgan fingerprint density at radius 3 is 2.52 bits per heavy atom. The third kappa shape index (κ3) is 3.40. The molecular formula is C14H15BrF2N2O2. The average molecular weight is 361 g/mol. The lowest BCUT2D eigenvalue weighted by Gasteiger charge is -2.32. The topological polar surface area (TPSA) is 49.4 Å². The number of likely N-dealkylation sites (tertiary alicyclic amines) is 1. The van der Waals surface area contributed by atoms with E-state index in [9.17, 15) is 18.4 Å². The van der Waals surface area contributed by atoms with E-state index in [4.69, 9.17) is 0 Å². The molecule has 1 aromatic carbocycles. The van der Waals surface area contributed by atoms with Gasteiger partial charge in [0.15, 0.2) is 0 Å². The normalized spacial score (nSPS) is 18.5. The van der Waals surface area contributed by atoms with Crippen molar-refractivity contribution < 1.29 is 18.4 Å². The largest absolute Gasteiger partial charge is 0.359 e. The van der Waals surface area contributed by atoms with Gasteiger partial charge < -0.3 is 10.2 Å². The molecule has 1 aliphatic heterocycles. The summed E-state index contributed by atoms with van der Waals surface area (Å²) < 4.78 is 27.9. The highest BCUT2D eigenvalue weighted by Crippen LogP contribution is 2.24. The minimum Gasteiger partial charge on any atom is -0.359 e. The number of benzene rings is 1. The maximum atomic E-state index is 13.8. The first-order valence-electron chi connectivity index (χ1n) is 6.59. The predicted molar refractivity (Wildman–Crippen MR) is 76.8 cm³/mol. The van der Waals surface area contributed by atoms with E-state index in [0.717, 1.165) is 12.1 Å². The third-order valence-corrected chi connectivity index (χ3v) is 4.00. The summed E-state index contributed by atoms with van der Waals surface area (Å²) in [5, 5.41) is 2.53. The summed E-state index contributed by atoms with van der Waals surface area (Å²) >= 11 is 2.97. The van der Waals surface area contributed by atoms with E-state index in [0.29, 0.717) is 19.4 Å². The Balaban J connectivity index is 2.22. The second kappa shape index (κ2) is 6.51. The van der Waals surface area contributed by atoms with E-state index in [1.807, 2.05) is 0 Å². The molecule has 1 aromatic rings. The smallest absolute Gasteiger partial charge is 0.259 e. The molecule has 21 heavy (non-hydrogen) atoms. The number of nitrogens with zero attached hydrogens (tertiary/aromatic N) is 1. The Morgan fingerprint density at radius 2 is 1.95 bits per heavy atom. The lowest BCUT2D eigenvalue weighted by atomic mass is 9.96. The fraction of sp³-hybridized carbons (Fsp3) is 0.429. The van der Waals surface area contributed by atoms with E-state index >= 15 is 0 Å². The van der Waals surface area contributed by atoms with Crippen LogP contribution in [0.4, 0.5) is 8.78 Å². The number of amides is 2. The Hall–Kier alpha value is -1.50. The lowest BCUT2D eigenvalue weighted by Crippen LogP contribution is -2.45. The zero-order valence-electron chi connectivity index (χ0n) is 11.5. The van der Waals surface area contributed by atoms with Crippen LogP contribution in [0.5, 0.6) is 0 Å². The first kappa shape index (κ1) is 15.9. The van der Waals surface area contributed by atoms with Crippen molar-refractivity contribution in [3.63, 3.8) is 0 Å². The van der Waals surface area contributed by atoms with Gasteiger partial charge in [-0.2, -0.15) is 0 Å². The molecule has 1 saturated heterocycles. The second-order valence-corrected chi connectivity index (χ2v) is 5.86. The van der Waals surface area contributed by atoms with Crippen LogP contribution in [0.15, 0.2) is 16.6 Å². The zero-order valence-corrected chi connectivity index (χ0v) is 13.0. The average Bonchev–Trinajstić information content (AvgIpc) is 2.45. The van der Waals surface area contributed by atoms with Crippen LogP contribution in [0.2, 0.25) is 0 Å². The molecule has 2 rings (SSSR count). The van der Waals surface area contributed by atoms with Crippen molar-refractivity contribution in [2.24, 2.45) is 5.92 Å². The van der Waals surface area contributed by atoms with Crippen LogP contribution in [0.1, 0.15) is 23.2 Å². The van der Waals surface area contributed by atoms with E-state index in [1.54, 1.807) is 0 Å². The predicted octanol–water partition coefficient (Wildman–Crippen LogP) is 2.33. The first-order valence-corrected chi connectivity index (χ1v) is 7.38. The van der Waals surface area contributed by atoms with Crippen LogP contribution in [0.3, 0.4) is 0 Å². The van der Waals surface area contributed by atoms with Crippen LogP contribution in [0.25, 0.3) is 0 Å². The van der Waals surface area contributed by atoms with Gasteiger partial charge in [0, 0.05) is 24.6 Å². The molecule has 4 nitrogen and oxygen atoms in total. The van der Waals surface area contributed by atoms with Crippen molar-refractivity contribution in [3.8, 4) is 0 Å². The summed E-state index contributed by atoms with van der Waals surface area (Å²) in [6.07, 6.45) is 1.29. The molecule has 0 radical (unpaired) electrons. The fourth-order valence-corrected chi connectivity index (χ4v) is 2.89. The Bertz CT molecular complexity index is 557. The van der Waals surface area contributed by atoms with Crippen LogP contribution in [0, 0.1) is 17.6 Å². The molecule has 7 heteroatoms.